The predicted molar refractivity (Wildman–Crippen MR) is 0 cm³/mol. The van der Waals surface area contributed by atoms with Gasteiger partial charge >= 0.3 is 21.7 Å². The van der Waals surface area contributed by atoms with Gasteiger partial charge in [0.15, 0.2) is 0 Å². The molecule has 0 nitrogen and oxygen atoms in total. The van der Waals surface area contributed by atoms with E-state index in [1.807, 2.05) is 0 Å². The van der Waals surface area contributed by atoms with Gasteiger partial charge < -0.3 is 74.4 Å². The van der Waals surface area contributed by atoms with Crippen molar-refractivity contribution < 1.29 is 96.2 Å². The fourth-order valence-corrected chi connectivity index (χ4v) is 0. The standard InChI is InChI=1S/6ClH.Ti/h6*1H;/q;;;;;;+6/p-6. The molecule has 0 rings (SSSR count). The molecule has 0 fully saturated rings. The van der Waals surface area contributed by atoms with Gasteiger partial charge in [-0.25, -0.2) is 0 Å². The average Bonchev–Trinajstić information content (AvgIpc) is 0. The number of hydrogen-bond acceptors (Lipinski definition) is 0. The van der Waals surface area contributed by atoms with Crippen molar-refractivity contribution in [3.05, 3.63) is 0 Å². The van der Waals surface area contributed by atoms with Crippen molar-refractivity contribution in [1.82, 2.24) is 0 Å². The van der Waals surface area contributed by atoms with Crippen LogP contribution in [0.5, 0.6) is 0 Å². The van der Waals surface area contributed by atoms with Crippen LogP contribution in [0.1, 0.15) is 0 Å². The van der Waals surface area contributed by atoms with Gasteiger partial charge in [-0.1, -0.05) is 0 Å². The van der Waals surface area contributed by atoms with Crippen molar-refractivity contribution >= 4 is 0 Å². The first kappa shape index (κ1) is 112. The normalized spacial score (nSPS) is 0. The molecule has 0 atom stereocenters. The van der Waals surface area contributed by atoms with E-state index in [9.17, 15) is 0 Å². The van der Waals surface area contributed by atoms with Crippen LogP contribution in [0.15, 0.2) is 0 Å². The van der Waals surface area contributed by atoms with E-state index in [1.165, 1.54) is 0 Å². The molecule has 0 saturated heterocycles. The third kappa shape index (κ3) is 58.5. The number of halogens is 6. The van der Waals surface area contributed by atoms with Crippen molar-refractivity contribution in [2.24, 2.45) is 0 Å². The molecule has 0 aliphatic carbocycles. The minimum absolute atomic E-state index is 0. The molecule has 0 unspecified atom stereocenters. The fourth-order valence-electron chi connectivity index (χ4n) is 0. The predicted octanol–water partition coefficient (Wildman–Crippen LogP) is -18.0. The molecular weight excluding hydrogens is 261 g/mol. The summed E-state index contributed by atoms with van der Waals surface area (Å²) in [7, 11) is 0. The molecule has 0 aliphatic rings. The van der Waals surface area contributed by atoms with Crippen LogP contribution in [-0.2, 0) is 21.7 Å². The van der Waals surface area contributed by atoms with E-state index in [0.29, 0.717) is 0 Å². The molecule has 7 heavy (non-hydrogen) atoms. The van der Waals surface area contributed by atoms with Gasteiger partial charge in [0, 0.05) is 0 Å². The SMILES string of the molecule is [Cl-].[Cl-].[Cl-].[Cl-].[Cl-].[Cl-].[Ti+6]. The van der Waals surface area contributed by atoms with Gasteiger partial charge in [-0.05, 0) is 0 Å². The maximum atomic E-state index is 0. The summed E-state index contributed by atoms with van der Waals surface area (Å²) in [5.74, 6) is 0. The molecule has 7 heteroatoms. The zero-order valence-corrected chi connectivity index (χ0v) is 8.86. The molecule has 0 aromatic rings. The van der Waals surface area contributed by atoms with Crippen LogP contribution < -0.4 is 74.4 Å². The summed E-state index contributed by atoms with van der Waals surface area (Å²) in [6.45, 7) is 0. The van der Waals surface area contributed by atoms with Crippen LogP contribution in [0.25, 0.3) is 0 Å². The number of rotatable bonds is 0. The Hall–Kier alpha value is 2.45. The molecule has 0 bridgehead atoms. The van der Waals surface area contributed by atoms with Gasteiger partial charge in [-0.2, -0.15) is 0 Å². The molecule has 46 valence electrons. The van der Waals surface area contributed by atoms with E-state index < -0.39 is 0 Å². The second-order valence-corrected chi connectivity index (χ2v) is 0. The summed E-state index contributed by atoms with van der Waals surface area (Å²) in [4.78, 5) is 0. The zero-order valence-electron chi connectivity index (χ0n) is 2.77. The summed E-state index contributed by atoms with van der Waals surface area (Å²) in [6, 6.07) is 0. The Bertz CT molecular complexity index is 4.14. The van der Waals surface area contributed by atoms with Gasteiger partial charge in [0.25, 0.3) is 0 Å². The second kappa shape index (κ2) is 78.0. The largest absolute Gasteiger partial charge is 6.00 e. The zero-order chi connectivity index (χ0) is 0. The van der Waals surface area contributed by atoms with E-state index >= 15 is 0 Å². The molecule has 0 spiro atoms. The van der Waals surface area contributed by atoms with E-state index in [4.69, 9.17) is 0 Å². The van der Waals surface area contributed by atoms with Gasteiger partial charge in [-0.15, -0.1) is 0 Å². The minimum Gasteiger partial charge on any atom is -1.00 e. The van der Waals surface area contributed by atoms with Crippen molar-refractivity contribution in [3.63, 3.8) is 0 Å². The van der Waals surface area contributed by atoms with Crippen molar-refractivity contribution in [2.45, 2.75) is 0 Å². The molecule has 0 aromatic heterocycles. The summed E-state index contributed by atoms with van der Waals surface area (Å²) in [5.41, 5.74) is 0. The molecule has 0 aliphatic heterocycles. The van der Waals surface area contributed by atoms with Crippen molar-refractivity contribution in [3.8, 4) is 0 Å². The van der Waals surface area contributed by atoms with Crippen molar-refractivity contribution in [2.75, 3.05) is 0 Å². The second-order valence-electron chi connectivity index (χ2n) is 0. The van der Waals surface area contributed by atoms with E-state index in [1.54, 1.807) is 0 Å². The Kier molecular flexibility index (Phi) is 1250. The molecule has 0 heterocycles. The third-order valence-electron chi connectivity index (χ3n) is 0. The monoisotopic (exact) mass is 258 g/mol. The van der Waals surface area contributed by atoms with E-state index in [2.05, 4.69) is 0 Å². The minimum atomic E-state index is 0. The summed E-state index contributed by atoms with van der Waals surface area (Å²) >= 11 is 0. The van der Waals surface area contributed by atoms with Crippen LogP contribution in [-0.4, -0.2) is 0 Å². The van der Waals surface area contributed by atoms with Crippen LogP contribution >= 0.6 is 0 Å². The Morgan fingerprint density at radius 3 is 0.286 bits per heavy atom. The van der Waals surface area contributed by atoms with Gasteiger partial charge in [0.2, 0.25) is 0 Å². The first-order chi connectivity index (χ1) is 0. The molecule has 0 aromatic carbocycles. The summed E-state index contributed by atoms with van der Waals surface area (Å²) < 4.78 is 0. The molecular formula is Cl6Ti. The van der Waals surface area contributed by atoms with Gasteiger partial charge in [0.1, 0.15) is 0 Å². The van der Waals surface area contributed by atoms with Crippen LogP contribution in [0.2, 0.25) is 0 Å². The first-order valence-corrected chi connectivity index (χ1v) is 0. The Labute approximate surface area is 95.3 Å². The number of hydrogen-bond donors (Lipinski definition) is 0. The van der Waals surface area contributed by atoms with Gasteiger partial charge in [-0.3, -0.25) is 0 Å². The molecule has 0 N–H and O–H groups in total. The van der Waals surface area contributed by atoms with Crippen LogP contribution in [0, 0.1) is 0 Å². The smallest absolute Gasteiger partial charge is 1.00 e. The quantitative estimate of drug-likeness (QED) is 0.380. The Balaban J connectivity index is 0. The van der Waals surface area contributed by atoms with Crippen LogP contribution in [0.3, 0.4) is 0 Å². The first-order valence-electron chi connectivity index (χ1n) is 0. The topological polar surface area (TPSA) is 0 Å². The van der Waals surface area contributed by atoms with Crippen molar-refractivity contribution in [1.29, 1.82) is 0 Å². The van der Waals surface area contributed by atoms with Gasteiger partial charge in [0.05, 0.1) is 0 Å². The summed E-state index contributed by atoms with van der Waals surface area (Å²) in [6.07, 6.45) is 0. The average molecular weight is 261 g/mol. The maximum absolute atomic E-state index is 0. The van der Waals surface area contributed by atoms with E-state index in [-0.39, 0.29) is 96.2 Å². The third-order valence-corrected chi connectivity index (χ3v) is 0. The maximum Gasteiger partial charge on any atom is 6.00 e. The molecule has 0 amide bonds. The Morgan fingerprint density at radius 1 is 0.286 bits per heavy atom. The van der Waals surface area contributed by atoms with E-state index in [0.717, 1.165) is 0 Å². The van der Waals surface area contributed by atoms with Crippen LogP contribution in [0.4, 0.5) is 0 Å². The fraction of sp³-hybridized carbons (Fsp3) is 0. The summed E-state index contributed by atoms with van der Waals surface area (Å²) in [5, 5.41) is 0. The molecule has 0 radical (unpaired) electrons. The molecule has 0 saturated carbocycles. The Morgan fingerprint density at radius 2 is 0.286 bits per heavy atom.